The molecule has 146 valence electrons. The Kier molecular flexibility index (Phi) is 10.6. The van der Waals surface area contributed by atoms with Gasteiger partial charge >= 0.3 is 0 Å². The lowest BCUT2D eigenvalue weighted by atomic mass is 9.77. The fraction of sp³-hybridized carbons (Fsp3) is 0.882. The van der Waals surface area contributed by atoms with Crippen LogP contribution in [0.5, 0.6) is 0 Å². The Labute approximate surface area is 149 Å². The number of aliphatic hydroxyl groups is 1. The van der Waals surface area contributed by atoms with Crippen molar-refractivity contribution in [1.29, 1.82) is 0 Å². The van der Waals surface area contributed by atoms with Gasteiger partial charge in [0.1, 0.15) is 0 Å². The minimum absolute atomic E-state index is 0.0429. The van der Waals surface area contributed by atoms with Gasteiger partial charge in [-0.1, -0.05) is 6.42 Å². The molecule has 3 aliphatic rings. The largest absolute Gasteiger partial charge is 0.483 e. The van der Waals surface area contributed by atoms with Crippen LogP contribution in [0.1, 0.15) is 32.1 Å². The molecule has 2 aliphatic heterocycles. The molecular formula is C17H32N2O6. The number of carboxylic acid groups (broad SMARTS) is 2. The normalized spacial score (nSPS) is 29.9. The number of piperidine rings is 1. The first kappa shape index (κ1) is 21.8. The van der Waals surface area contributed by atoms with E-state index in [-0.39, 0.29) is 24.5 Å². The van der Waals surface area contributed by atoms with E-state index < -0.39 is 0 Å². The second kappa shape index (κ2) is 12.2. The maximum absolute atomic E-state index is 10.3. The topological polar surface area (TPSA) is 111 Å². The number of aliphatic hydroxyl groups excluding tert-OH is 1. The zero-order valence-corrected chi connectivity index (χ0v) is 14.9. The highest BCUT2D eigenvalue weighted by Gasteiger charge is 2.44. The van der Waals surface area contributed by atoms with Gasteiger partial charge in [0.25, 0.3) is 12.9 Å². The number of ether oxygens (including phenoxy) is 1. The summed E-state index contributed by atoms with van der Waals surface area (Å²) in [5.74, 6) is 0. The highest BCUT2D eigenvalue weighted by Crippen LogP contribution is 2.44. The van der Waals surface area contributed by atoms with Crippen molar-refractivity contribution in [2.24, 2.45) is 5.41 Å². The number of hydrogen-bond donors (Lipinski definition) is 3. The summed E-state index contributed by atoms with van der Waals surface area (Å²) in [6.45, 7) is 8.12. The van der Waals surface area contributed by atoms with Gasteiger partial charge in [-0.25, -0.2) is 0 Å². The molecule has 0 unspecified atom stereocenters. The minimum atomic E-state index is -0.250. The van der Waals surface area contributed by atoms with E-state index in [0.717, 1.165) is 52.4 Å². The lowest BCUT2D eigenvalue weighted by Gasteiger charge is -2.43. The number of morpholine rings is 1. The molecule has 2 heterocycles. The SMILES string of the molecule is O=CO.O=CO.O[C@@H]1CCC[C@@]12CCCN(CCN1CCOCC1)C2. The van der Waals surface area contributed by atoms with E-state index in [4.69, 9.17) is 24.5 Å². The molecule has 0 aromatic heterocycles. The van der Waals surface area contributed by atoms with Gasteiger partial charge in [0.15, 0.2) is 0 Å². The molecule has 3 fully saturated rings. The van der Waals surface area contributed by atoms with E-state index in [1.54, 1.807) is 0 Å². The maximum atomic E-state index is 10.3. The van der Waals surface area contributed by atoms with Crippen molar-refractivity contribution in [3.63, 3.8) is 0 Å². The predicted molar refractivity (Wildman–Crippen MR) is 92.6 cm³/mol. The second-order valence-corrected chi connectivity index (χ2v) is 6.81. The maximum Gasteiger partial charge on any atom is 0.290 e. The molecule has 3 rings (SSSR count). The molecule has 0 radical (unpaired) electrons. The molecule has 8 nitrogen and oxygen atoms in total. The highest BCUT2D eigenvalue weighted by atomic mass is 16.5. The first-order chi connectivity index (χ1) is 12.1. The van der Waals surface area contributed by atoms with E-state index in [1.807, 2.05) is 0 Å². The Morgan fingerprint density at radius 1 is 0.960 bits per heavy atom. The van der Waals surface area contributed by atoms with Gasteiger partial charge in [0.2, 0.25) is 0 Å². The van der Waals surface area contributed by atoms with Crippen LogP contribution < -0.4 is 0 Å². The smallest absolute Gasteiger partial charge is 0.290 e. The summed E-state index contributed by atoms with van der Waals surface area (Å²) in [5.41, 5.74) is 0.239. The fourth-order valence-corrected chi connectivity index (χ4v) is 4.15. The zero-order valence-electron chi connectivity index (χ0n) is 14.9. The minimum Gasteiger partial charge on any atom is -0.483 e. The Morgan fingerprint density at radius 3 is 2.08 bits per heavy atom. The summed E-state index contributed by atoms with van der Waals surface area (Å²) in [6.07, 6.45) is 5.94. The van der Waals surface area contributed by atoms with Crippen LogP contribution in [0, 0.1) is 5.41 Å². The Morgan fingerprint density at radius 2 is 1.52 bits per heavy atom. The van der Waals surface area contributed by atoms with Crippen molar-refractivity contribution < 1.29 is 29.6 Å². The van der Waals surface area contributed by atoms with Crippen LogP contribution in [0.25, 0.3) is 0 Å². The van der Waals surface area contributed by atoms with Crippen LogP contribution in [-0.4, -0.2) is 96.7 Å². The summed E-state index contributed by atoms with van der Waals surface area (Å²) in [7, 11) is 0. The standard InChI is InChI=1S/C15H28N2O2.2CH2O2/c18-14-3-1-4-15(14)5-2-6-17(13-15)8-7-16-9-11-19-12-10-16;2*2-1-3/h14,18H,1-13H2;2*1H,(H,2,3)/t14-,15+;;/m1../s1. The summed E-state index contributed by atoms with van der Waals surface area (Å²) < 4.78 is 5.39. The third kappa shape index (κ3) is 7.27. The molecule has 8 heteroatoms. The van der Waals surface area contributed by atoms with Gasteiger partial charge in [-0.15, -0.1) is 0 Å². The number of carbonyl (C=O) groups is 2. The second-order valence-electron chi connectivity index (χ2n) is 6.81. The fourth-order valence-electron chi connectivity index (χ4n) is 4.15. The molecule has 3 N–H and O–H groups in total. The summed E-state index contributed by atoms with van der Waals surface area (Å²) in [6, 6.07) is 0. The lowest BCUT2D eigenvalue weighted by Crippen LogP contribution is -2.49. The van der Waals surface area contributed by atoms with E-state index in [1.165, 1.54) is 32.2 Å². The molecule has 2 atom stereocenters. The van der Waals surface area contributed by atoms with Crippen LogP contribution in [0.15, 0.2) is 0 Å². The Balaban J connectivity index is 0.000000460. The highest BCUT2D eigenvalue weighted by molar-refractivity contribution is 5.33. The monoisotopic (exact) mass is 360 g/mol. The molecule has 25 heavy (non-hydrogen) atoms. The van der Waals surface area contributed by atoms with Gasteiger partial charge in [-0.2, -0.15) is 0 Å². The van der Waals surface area contributed by atoms with Gasteiger partial charge in [0, 0.05) is 38.1 Å². The Bertz CT molecular complexity index is 372. The van der Waals surface area contributed by atoms with Crippen molar-refractivity contribution in [2.45, 2.75) is 38.2 Å². The number of nitrogens with zero attached hydrogens (tertiary/aromatic N) is 2. The van der Waals surface area contributed by atoms with E-state index in [9.17, 15) is 5.11 Å². The average molecular weight is 360 g/mol. The molecule has 0 amide bonds. The zero-order chi connectivity index (χ0) is 18.5. The molecule has 2 saturated heterocycles. The molecule has 0 aromatic rings. The first-order valence-corrected chi connectivity index (χ1v) is 8.98. The van der Waals surface area contributed by atoms with E-state index in [2.05, 4.69) is 9.80 Å². The first-order valence-electron chi connectivity index (χ1n) is 8.98. The summed E-state index contributed by atoms with van der Waals surface area (Å²) in [5, 5.41) is 24.1. The molecule has 0 aromatic carbocycles. The molecule has 1 spiro atoms. The van der Waals surface area contributed by atoms with Crippen molar-refractivity contribution in [3.05, 3.63) is 0 Å². The van der Waals surface area contributed by atoms with Crippen LogP contribution in [-0.2, 0) is 14.3 Å². The van der Waals surface area contributed by atoms with Gasteiger partial charge in [-0.05, 0) is 32.2 Å². The predicted octanol–water partition coefficient (Wildman–Crippen LogP) is 0.347. The number of hydrogen-bond acceptors (Lipinski definition) is 6. The van der Waals surface area contributed by atoms with Crippen molar-refractivity contribution in [2.75, 3.05) is 52.5 Å². The quantitative estimate of drug-likeness (QED) is 0.618. The van der Waals surface area contributed by atoms with E-state index in [0.29, 0.717) is 0 Å². The van der Waals surface area contributed by atoms with E-state index >= 15 is 0 Å². The summed E-state index contributed by atoms with van der Waals surface area (Å²) >= 11 is 0. The molecule has 0 bridgehead atoms. The van der Waals surface area contributed by atoms with Crippen LogP contribution >= 0.6 is 0 Å². The van der Waals surface area contributed by atoms with Crippen LogP contribution in [0.2, 0.25) is 0 Å². The van der Waals surface area contributed by atoms with Crippen molar-refractivity contribution in [1.82, 2.24) is 9.80 Å². The Hall–Kier alpha value is -1.22. The number of rotatable bonds is 3. The van der Waals surface area contributed by atoms with Gasteiger partial charge in [-0.3, -0.25) is 14.5 Å². The molecule has 1 aliphatic carbocycles. The number of likely N-dealkylation sites (tertiary alicyclic amines) is 1. The molecule has 1 saturated carbocycles. The van der Waals surface area contributed by atoms with Gasteiger partial charge < -0.3 is 25.0 Å². The lowest BCUT2D eigenvalue weighted by molar-refractivity contribution is -0.123. The van der Waals surface area contributed by atoms with Crippen molar-refractivity contribution in [3.8, 4) is 0 Å². The van der Waals surface area contributed by atoms with Crippen LogP contribution in [0.3, 0.4) is 0 Å². The van der Waals surface area contributed by atoms with Crippen LogP contribution in [0.4, 0.5) is 0 Å². The van der Waals surface area contributed by atoms with Crippen molar-refractivity contribution >= 4 is 12.9 Å². The third-order valence-electron chi connectivity index (χ3n) is 5.38. The third-order valence-corrected chi connectivity index (χ3v) is 5.38. The van der Waals surface area contributed by atoms with Gasteiger partial charge in [0.05, 0.1) is 19.3 Å². The molecular weight excluding hydrogens is 328 g/mol. The summed E-state index contributed by atoms with van der Waals surface area (Å²) in [4.78, 5) is 21.8. The average Bonchev–Trinajstić information content (AvgIpc) is 2.95.